The van der Waals surface area contributed by atoms with Crippen molar-refractivity contribution in [3.05, 3.63) is 58.1 Å². The molecule has 2 aromatic rings. The quantitative estimate of drug-likeness (QED) is 0.516. The van der Waals surface area contributed by atoms with Crippen molar-refractivity contribution in [2.45, 2.75) is 39.2 Å². The lowest BCUT2D eigenvalue weighted by Gasteiger charge is -2.09. The van der Waals surface area contributed by atoms with E-state index in [1.165, 1.54) is 24.8 Å². The van der Waals surface area contributed by atoms with E-state index in [1.807, 2.05) is 24.3 Å². The number of nitrogens with one attached hydrogen (secondary N) is 1. The summed E-state index contributed by atoms with van der Waals surface area (Å²) in [5, 5.41) is 4.58. The fraction of sp³-hybridized carbons (Fsp3) is 0.368. The normalized spacial score (nSPS) is 10.6. The van der Waals surface area contributed by atoms with E-state index in [2.05, 4.69) is 24.4 Å². The van der Waals surface area contributed by atoms with Gasteiger partial charge in [0.25, 0.3) is 0 Å². The smallest absolute Gasteiger partial charge is 0.119 e. The van der Waals surface area contributed by atoms with Crippen molar-refractivity contribution < 1.29 is 4.74 Å². The maximum absolute atomic E-state index is 5.99. The van der Waals surface area contributed by atoms with E-state index in [9.17, 15) is 0 Å². The van der Waals surface area contributed by atoms with E-state index in [1.54, 1.807) is 6.07 Å². The maximum atomic E-state index is 5.99. The molecule has 0 aromatic heterocycles. The number of hydrogen-bond donors (Lipinski definition) is 1. The molecule has 0 atom stereocenters. The van der Waals surface area contributed by atoms with Crippen molar-refractivity contribution in [2.75, 3.05) is 11.9 Å². The number of unbranched alkanes of at least 4 members (excludes halogenated alkanes) is 3. The maximum Gasteiger partial charge on any atom is 0.119 e. The Morgan fingerprint density at radius 3 is 2.26 bits per heavy atom. The molecule has 23 heavy (non-hydrogen) atoms. The van der Waals surface area contributed by atoms with Gasteiger partial charge in [0, 0.05) is 22.3 Å². The van der Waals surface area contributed by atoms with Crippen LogP contribution in [0, 0.1) is 0 Å². The van der Waals surface area contributed by atoms with Gasteiger partial charge in [0.2, 0.25) is 0 Å². The summed E-state index contributed by atoms with van der Waals surface area (Å²) in [5.74, 6) is 0.927. The average molecular weight is 352 g/mol. The van der Waals surface area contributed by atoms with Gasteiger partial charge in [-0.25, -0.2) is 0 Å². The highest BCUT2D eigenvalue weighted by Crippen LogP contribution is 2.23. The average Bonchev–Trinajstić information content (AvgIpc) is 2.53. The zero-order valence-corrected chi connectivity index (χ0v) is 15.0. The third-order valence-electron chi connectivity index (χ3n) is 3.55. The molecule has 0 unspecified atom stereocenters. The summed E-state index contributed by atoms with van der Waals surface area (Å²) in [6.07, 6.45) is 4.88. The summed E-state index contributed by atoms with van der Waals surface area (Å²) in [6.45, 7) is 3.72. The summed E-state index contributed by atoms with van der Waals surface area (Å²) >= 11 is 12.0. The third kappa shape index (κ3) is 6.72. The lowest BCUT2D eigenvalue weighted by Crippen LogP contribution is -2.00. The molecule has 0 spiro atoms. The summed E-state index contributed by atoms with van der Waals surface area (Å²) in [7, 11) is 0. The minimum Gasteiger partial charge on any atom is -0.494 e. The highest BCUT2D eigenvalue weighted by atomic mass is 35.5. The SMILES string of the molecule is CCCCCCOc1ccc(CNc2cc(Cl)cc(Cl)c2)cc1. The van der Waals surface area contributed by atoms with E-state index < -0.39 is 0 Å². The Morgan fingerprint density at radius 1 is 0.913 bits per heavy atom. The van der Waals surface area contributed by atoms with Crippen molar-refractivity contribution in [3.8, 4) is 5.75 Å². The molecule has 0 heterocycles. The molecule has 2 aromatic carbocycles. The molecule has 124 valence electrons. The number of hydrogen-bond acceptors (Lipinski definition) is 2. The van der Waals surface area contributed by atoms with Crippen molar-refractivity contribution in [2.24, 2.45) is 0 Å². The fourth-order valence-corrected chi connectivity index (χ4v) is 2.81. The van der Waals surface area contributed by atoms with Gasteiger partial charge >= 0.3 is 0 Å². The molecule has 0 amide bonds. The van der Waals surface area contributed by atoms with Crippen LogP contribution in [0.15, 0.2) is 42.5 Å². The van der Waals surface area contributed by atoms with Gasteiger partial charge in [-0.1, -0.05) is 61.5 Å². The van der Waals surface area contributed by atoms with Crippen molar-refractivity contribution in [1.29, 1.82) is 0 Å². The minimum atomic E-state index is 0.631. The van der Waals surface area contributed by atoms with E-state index in [-0.39, 0.29) is 0 Å². The molecule has 0 fully saturated rings. The Hall–Kier alpha value is -1.38. The Labute approximate surface area is 148 Å². The molecule has 0 aliphatic rings. The highest BCUT2D eigenvalue weighted by Gasteiger charge is 2.00. The largest absolute Gasteiger partial charge is 0.494 e. The van der Waals surface area contributed by atoms with E-state index >= 15 is 0 Å². The topological polar surface area (TPSA) is 21.3 Å². The Morgan fingerprint density at radius 2 is 1.61 bits per heavy atom. The van der Waals surface area contributed by atoms with Gasteiger partial charge in [0.1, 0.15) is 5.75 Å². The molecular formula is C19H23Cl2NO. The van der Waals surface area contributed by atoms with Gasteiger partial charge in [-0.15, -0.1) is 0 Å². The van der Waals surface area contributed by atoms with Crippen LogP contribution in [0.1, 0.15) is 38.2 Å². The first-order chi connectivity index (χ1) is 11.2. The lowest BCUT2D eigenvalue weighted by atomic mass is 10.2. The first kappa shape index (κ1) is 18.0. The highest BCUT2D eigenvalue weighted by molar-refractivity contribution is 6.35. The molecule has 1 N–H and O–H groups in total. The molecular weight excluding hydrogens is 329 g/mol. The molecule has 2 nitrogen and oxygen atoms in total. The molecule has 2 rings (SSSR count). The molecule has 0 aliphatic carbocycles. The number of benzene rings is 2. The second kappa shape index (κ2) is 9.69. The van der Waals surface area contributed by atoms with Crippen LogP contribution in [0.5, 0.6) is 5.75 Å². The molecule has 0 aliphatic heterocycles. The van der Waals surface area contributed by atoms with Crippen LogP contribution >= 0.6 is 23.2 Å². The molecule has 0 bridgehead atoms. The number of ether oxygens (including phenoxy) is 1. The van der Waals surface area contributed by atoms with Gasteiger partial charge in [-0.3, -0.25) is 0 Å². The predicted molar refractivity (Wildman–Crippen MR) is 99.9 cm³/mol. The Balaban J connectivity index is 1.78. The second-order valence-electron chi connectivity index (χ2n) is 5.56. The van der Waals surface area contributed by atoms with Crippen molar-refractivity contribution >= 4 is 28.9 Å². The number of rotatable bonds is 9. The van der Waals surface area contributed by atoms with Gasteiger partial charge < -0.3 is 10.1 Å². The second-order valence-corrected chi connectivity index (χ2v) is 6.44. The standard InChI is InChI=1S/C19H23Cl2NO/c1-2-3-4-5-10-23-19-8-6-15(7-9-19)14-22-18-12-16(20)11-17(21)13-18/h6-9,11-13,22H,2-5,10,14H2,1H3. The minimum absolute atomic E-state index is 0.631. The van der Waals surface area contributed by atoms with Gasteiger partial charge in [-0.05, 0) is 42.3 Å². The van der Waals surface area contributed by atoms with Crippen LogP contribution in [0.3, 0.4) is 0 Å². The van der Waals surface area contributed by atoms with Crippen LogP contribution in [0.25, 0.3) is 0 Å². The molecule has 0 saturated heterocycles. The summed E-state index contributed by atoms with van der Waals surface area (Å²) in [4.78, 5) is 0. The van der Waals surface area contributed by atoms with Crippen LogP contribution in [0.4, 0.5) is 5.69 Å². The Kier molecular flexibility index (Phi) is 7.57. The fourth-order valence-electron chi connectivity index (χ4n) is 2.28. The molecule has 0 saturated carbocycles. The third-order valence-corrected chi connectivity index (χ3v) is 3.99. The van der Waals surface area contributed by atoms with Gasteiger partial charge in [0.05, 0.1) is 6.61 Å². The Bertz CT molecular complexity index is 579. The number of anilines is 1. The summed E-state index contributed by atoms with van der Waals surface area (Å²) in [5.41, 5.74) is 2.10. The first-order valence-electron chi connectivity index (χ1n) is 8.09. The zero-order valence-electron chi connectivity index (χ0n) is 13.4. The van der Waals surface area contributed by atoms with E-state index in [0.29, 0.717) is 16.6 Å². The van der Waals surface area contributed by atoms with Crippen LogP contribution < -0.4 is 10.1 Å². The summed E-state index contributed by atoms with van der Waals surface area (Å²) in [6, 6.07) is 13.6. The number of halogens is 2. The molecule has 4 heteroatoms. The van der Waals surface area contributed by atoms with E-state index in [4.69, 9.17) is 27.9 Å². The first-order valence-corrected chi connectivity index (χ1v) is 8.84. The van der Waals surface area contributed by atoms with Crippen LogP contribution in [-0.4, -0.2) is 6.61 Å². The van der Waals surface area contributed by atoms with Crippen LogP contribution in [-0.2, 0) is 6.54 Å². The van der Waals surface area contributed by atoms with Gasteiger partial charge in [-0.2, -0.15) is 0 Å². The predicted octanol–water partition coefficient (Wildman–Crippen LogP) is 6.56. The van der Waals surface area contributed by atoms with Crippen molar-refractivity contribution in [3.63, 3.8) is 0 Å². The summed E-state index contributed by atoms with van der Waals surface area (Å²) < 4.78 is 5.75. The van der Waals surface area contributed by atoms with E-state index in [0.717, 1.165) is 24.5 Å². The monoisotopic (exact) mass is 351 g/mol. The molecule has 0 radical (unpaired) electrons. The van der Waals surface area contributed by atoms with Crippen molar-refractivity contribution in [1.82, 2.24) is 0 Å². The zero-order chi connectivity index (χ0) is 16.5. The van der Waals surface area contributed by atoms with Gasteiger partial charge in [0.15, 0.2) is 0 Å². The lowest BCUT2D eigenvalue weighted by molar-refractivity contribution is 0.305. The van der Waals surface area contributed by atoms with Crippen LogP contribution in [0.2, 0.25) is 10.0 Å².